The fraction of sp³-hybridized carbons (Fsp3) is 0.355. The molecule has 1 saturated heterocycles. The summed E-state index contributed by atoms with van der Waals surface area (Å²) < 4.78 is 17.8. The SMILES string of the molecule is COc1ccc([Si](C)(C)[C@@H]2[C@@H](CCO)O[C@]3(C(=O)Nc4ccc(N5C(=O)COc6ccccc65)cc43)[C@H]2C)cc1. The molecule has 3 heterocycles. The van der Waals surface area contributed by atoms with Gasteiger partial charge in [-0.2, -0.15) is 0 Å². The summed E-state index contributed by atoms with van der Waals surface area (Å²) in [6, 6.07) is 21.2. The lowest BCUT2D eigenvalue weighted by molar-refractivity contribution is -0.143. The van der Waals surface area contributed by atoms with Gasteiger partial charge in [-0.3, -0.25) is 14.5 Å². The Kier molecular flexibility index (Phi) is 6.48. The van der Waals surface area contributed by atoms with Crippen LogP contribution in [-0.4, -0.2) is 51.4 Å². The van der Waals surface area contributed by atoms with Gasteiger partial charge in [0.05, 0.1) is 27.0 Å². The van der Waals surface area contributed by atoms with E-state index in [0.29, 0.717) is 29.2 Å². The van der Waals surface area contributed by atoms with E-state index in [1.54, 1.807) is 12.0 Å². The molecule has 208 valence electrons. The molecule has 1 spiro atoms. The van der Waals surface area contributed by atoms with Gasteiger partial charge in [-0.25, -0.2) is 0 Å². The highest BCUT2D eigenvalue weighted by molar-refractivity contribution is 6.91. The Morgan fingerprint density at radius 2 is 1.85 bits per heavy atom. The summed E-state index contributed by atoms with van der Waals surface area (Å²) in [5.41, 5.74) is 1.53. The van der Waals surface area contributed by atoms with Crippen molar-refractivity contribution < 1.29 is 28.9 Å². The van der Waals surface area contributed by atoms with Crippen LogP contribution in [0.2, 0.25) is 18.6 Å². The number of hydrogen-bond donors (Lipinski definition) is 2. The van der Waals surface area contributed by atoms with E-state index in [1.165, 1.54) is 5.19 Å². The second-order valence-electron chi connectivity index (χ2n) is 11.3. The van der Waals surface area contributed by atoms with E-state index in [2.05, 4.69) is 37.5 Å². The standard InChI is InChI=1S/C31H34N2O6Si/c1-19-29(40(3,4)22-12-10-21(37-2)11-13-22)27(15-16-34)39-31(19)23-17-20(9-14-24(23)32-30(31)36)33-25-7-5-6-8-26(25)38-18-28(33)35/h5-14,17,19,27,29,34H,15-16,18H2,1-4H3,(H,32,36)/t19-,27+,29-,31+/m0/s1. The minimum atomic E-state index is -2.25. The zero-order chi connectivity index (χ0) is 28.2. The second kappa shape index (κ2) is 9.76. The highest BCUT2D eigenvalue weighted by Gasteiger charge is 2.64. The smallest absolute Gasteiger partial charge is 0.269 e. The Morgan fingerprint density at radius 3 is 2.58 bits per heavy atom. The number of nitrogens with one attached hydrogen (secondary N) is 1. The number of benzene rings is 3. The molecule has 8 nitrogen and oxygen atoms in total. The van der Waals surface area contributed by atoms with Crippen molar-refractivity contribution in [1.82, 2.24) is 0 Å². The third-order valence-electron chi connectivity index (χ3n) is 8.95. The van der Waals surface area contributed by atoms with E-state index in [-0.39, 0.29) is 42.6 Å². The van der Waals surface area contributed by atoms with Crippen LogP contribution in [0.5, 0.6) is 11.5 Å². The molecule has 0 radical (unpaired) electrons. The Labute approximate surface area is 234 Å². The van der Waals surface area contributed by atoms with Crippen molar-refractivity contribution in [3.05, 3.63) is 72.3 Å². The average Bonchev–Trinajstić information content (AvgIpc) is 3.41. The molecule has 4 atom stereocenters. The van der Waals surface area contributed by atoms with Gasteiger partial charge < -0.3 is 24.6 Å². The van der Waals surface area contributed by atoms with E-state index in [4.69, 9.17) is 14.2 Å². The van der Waals surface area contributed by atoms with Gasteiger partial charge in [-0.15, -0.1) is 0 Å². The van der Waals surface area contributed by atoms with Crippen LogP contribution in [0.15, 0.2) is 66.7 Å². The van der Waals surface area contributed by atoms with Crippen LogP contribution in [-0.2, 0) is 19.9 Å². The summed E-state index contributed by atoms with van der Waals surface area (Å²) in [6.07, 6.45) is 0.121. The number of rotatable bonds is 6. The molecule has 3 aromatic carbocycles. The maximum absolute atomic E-state index is 13.9. The number of fused-ring (bicyclic) bond motifs is 3. The molecule has 0 saturated carbocycles. The predicted molar refractivity (Wildman–Crippen MR) is 155 cm³/mol. The molecule has 3 aliphatic rings. The highest BCUT2D eigenvalue weighted by Crippen LogP contribution is 2.59. The molecule has 3 aliphatic heterocycles. The molecule has 3 aromatic rings. The Hall–Kier alpha value is -3.66. The van der Waals surface area contributed by atoms with Gasteiger partial charge >= 0.3 is 0 Å². The van der Waals surface area contributed by atoms with Crippen molar-refractivity contribution in [3.63, 3.8) is 0 Å². The number of aliphatic hydroxyl groups excluding tert-OH is 1. The Balaban J connectivity index is 1.44. The highest BCUT2D eigenvalue weighted by atomic mass is 28.3. The molecule has 1 fully saturated rings. The summed E-state index contributed by atoms with van der Waals surface area (Å²) in [5, 5.41) is 14.3. The molecular formula is C31H34N2O6Si. The summed E-state index contributed by atoms with van der Waals surface area (Å²) in [7, 11) is -0.595. The van der Waals surface area contributed by atoms with E-state index < -0.39 is 13.7 Å². The number of para-hydroxylation sites is 2. The lowest BCUT2D eigenvalue weighted by atomic mass is 9.82. The normalized spacial score (nSPS) is 25.4. The third-order valence-corrected chi connectivity index (χ3v) is 13.3. The molecule has 6 rings (SSSR count). The first-order valence-corrected chi connectivity index (χ1v) is 16.7. The van der Waals surface area contributed by atoms with Crippen molar-refractivity contribution in [2.45, 2.75) is 43.7 Å². The Morgan fingerprint density at radius 1 is 1.10 bits per heavy atom. The quantitative estimate of drug-likeness (QED) is 0.438. The molecule has 0 unspecified atom stereocenters. The minimum Gasteiger partial charge on any atom is -0.497 e. The molecule has 0 bridgehead atoms. The lowest BCUT2D eigenvalue weighted by Gasteiger charge is -2.37. The minimum absolute atomic E-state index is 0.0371. The fourth-order valence-electron chi connectivity index (χ4n) is 7.04. The molecular weight excluding hydrogens is 524 g/mol. The van der Waals surface area contributed by atoms with Gasteiger partial charge in [-0.1, -0.05) is 49.5 Å². The zero-order valence-electron chi connectivity index (χ0n) is 23.1. The molecule has 40 heavy (non-hydrogen) atoms. The summed E-state index contributed by atoms with van der Waals surface area (Å²) >= 11 is 0. The van der Waals surface area contributed by atoms with Crippen molar-refractivity contribution >= 4 is 42.1 Å². The number of nitrogens with zero attached hydrogens (tertiary/aromatic N) is 1. The monoisotopic (exact) mass is 558 g/mol. The first kappa shape index (κ1) is 26.6. The van der Waals surface area contributed by atoms with Crippen LogP contribution in [0.1, 0.15) is 18.9 Å². The number of carbonyl (C=O) groups excluding carboxylic acids is 2. The maximum atomic E-state index is 13.9. The van der Waals surface area contributed by atoms with Gasteiger partial charge in [-0.05, 0) is 54.4 Å². The molecule has 2 N–H and O–H groups in total. The molecule has 0 aromatic heterocycles. The molecule has 2 amide bonds. The van der Waals surface area contributed by atoms with Crippen molar-refractivity contribution in [2.75, 3.05) is 30.5 Å². The number of anilines is 3. The molecule has 0 aliphatic carbocycles. The van der Waals surface area contributed by atoms with Crippen LogP contribution in [0, 0.1) is 5.92 Å². The largest absolute Gasteiger partial charge is 0.497 e. The van der Waals surface area contributed by atoms with E-state index >= 15 is 0 Å². The number of aliphatic hydroxyl groups is 1. The predicted octanol–water partition coefficient (Wildman–Crippen LogP) is 4.30. The first-order chi connectivity index (χ1) is 19.2. The van der Waals surface area contributed by atoms with Crippen LogP contribution in [0.3, 0.4) is 0 Å². The number of carbonyl (C=O) groups is 2. The van der Waals surface area contributed by atoms with Gasteiger partial charge in [0.15, 0.2) is 12.2 Å². The summed E-state index contributed by atoms with van der Waals surface area (Å²) in [5.74, 6) is 0.855. The topological polar surface area (TPSA) is 97.3 Å². The van der Waals surface area contributed by atoms with Crippen molar-refractivity contribution in [1.29, 1.82) is 0 Å². The average molecular weight is 559 g/mol. The number of ether oxygens (including phenoxy) is 3. The number of hydrogen-bond acceptors (Lipinski definition) is 6. The van der Waals surface area contributed by atoms with Crippen molar-refractivity contribution in [3.8, 4) is 11.5 Å². The van der Waals surface area contributed by atoms with Crippen LogP contribution < -0.4 is 24.9 Å². The third kappa shape index (κ3) is 3.87. The number of amides is 2. The van der Waals surface area contributed by atoms with Gasteiger partial charge in [0.1, 0.15) is 11.5 Å². The van der Waals surface area contributed by atoms with E-state index in [9.17, 15) is 14.7 Å². The van der Waals surface area contributed by atoms with Crippen LogP contribution in [0.4, 0.5) is 17.1 Å². The van der Waals surface area contributed by atoms with E-state index in [1.807, 2.05) is 54.6 Å². The van der Waals surface area contributed by atoms with Gasteiger partial charge in [0.25, 0.3) is 11.8 Å². The molecule has 9 heteroatoms. The fourth-order valence-corrected chi connectivity index (χ4v) is 11.1. The van der Waals surface area contributed by atoms with Crippen molar-refractivity contribution in [2.24, 2.45) is 5.92 Å². The lowest BCUT2D eigenvalue weighted by Crippen LogP contribution is -2.51. The maximum Gasteiger partial charge on any atom is 0.269 e. The van der Waals surface area contributed by atoms with Gasteiger partial charge in [0, 0.05) is 29.5 Å². The number of methoxy groups -OCH3 is 1. The van der Waals surface area contributed by atoms with Gasteiger partial charge in [0.2, 0.25) is 0 Å². The Bertz CT molecular complexity index is 1470. The van der Waals surface area contributed by atoms with Crippen LogP contribution in [0.25, 0.3) is 0 Å². The zero-order valence-corrected chi connectivity index (χ0v) is 24.1. The summed E-state index contributed by atoms with van der Waals surface area (Å²) in [6.45, 7) is 6.60. The second-order valence-corrected chi connectivity index (χ2v) is 16.0. The van der Waals surface area contributed by atoms with E-state index in [0.717, 1.165) is 11.3 Å². The summed E-state index contributed by atoms with van der Waals surface area (Å²) in [4.78, 5) is 28.6. The van der Waals surface area contributed by atoms with Crippen LogP contribution >= 0.6 is 0 Å². The first-order valence-electron chi connectivity index (χ1n) is 13.7.